The predicted molar refractivity (Wildman–Crippen MR) is 102 cm³/mol. The largest absolute Gasteiger partial charge is 0.339 e. The van der Waals surface area contributed by atoms with Crippen molar-refractivity contribution in [1.82, 2.24) is 24.1 Å². The van der Waals surface area contributed by atoms with Gasteiger partial charge in [0.25, 0.3) is 0 Å². The van der Waals surface area contributed by atoms with Gasteiger partial charge in [-0.15, -0.1) is 10.2 Å². The summed E-state index contributed by atoms with van der Waals surface area (Å²) in [7, 11) is -3.53. The topological polar surface area (TPSA) is 114 Å². The Kier molecular flexibility index (Phi) is 5.72. The van der Waals surface area contributed by atoms with Crippen LogP contribution in [0.1, 0.15) is 11.4 Å². The van der Waals surface area contributed by atoms with Gasteiger partial charge in [0.1, 0.15) is 5.82 Å². The first-order chi connectivity index (χ1) is 12.8. The van der Waals surface area contributed by atoms with Crippen molar-refractivity contribution in [3.8, 4) is 0 Å². The molecule has 2 heterocycles. The smallest absolute Gasteiger partial charge is 0.243 e. The molecule has 2 N–H and O–H groups in total. The molecule has 0 saturated carbocycles. The van der Waals surface area contributed by atoms with Crippen molar-refractivity contribution in [1.29, 1.82) is 0 Å². The lowest BCUT2D eigenvalue weighted by atomic mass is 10.2. The van der Waals surface area contributed by atoms with E-state index in [0.29, 0.717) is 24.1 Å². The maximum atomic E-state index is 12.7. The molecule has 3 rings (SSSR count). The number of piperazine rings is 1. The van der Waals surface area contributed by atoms with Crippen LogP contribution in [-0.4, -0.2) is 70.3 Å². The molecule has 146 valence electrons. The first-order valence-corrected chi connectivity index (χ1v) is 10.9. The van der Waals surface area contributed by atoms with E-state index in [2.05, 4.69) is 10.2 Å². The molecule has 0 atom stereocenters. The van der Waals surface area contributed by atoms with Crippen LogP contribution >= 0.6 is 11.8 Å². The minimum atomic E-state index is -3.53. The van der Waals surface area contributed by atoms with Crippen molar-refractivity contribution in [2.75, 3.05) is 37.8 Å². The highest BCUT2D eigenvalue weighted by atomic mass is 32.2. The van der Waals surface area contributed by atoms with Crippen LogP contribution in [0.5, 0.6) is 0 Å². The number of nitrogen functional groups attached to an aromatic ring is 1. The number of nitrogens with two attached hydrogens (primary N) is 1. The zero-order valence-electron chi connectivity index (χ0n) is 15.2. The first-order valence-electron chi connectivity index (χ1n) is 8.43. The Balaban J connectivity index is 1.55. The lowest BCUT2D eigenvalue weighted by Gasteiger charge is -2.34. The van der Waals surface area contributed by atoms with Crippen molar-refractivity contribution in [3.63, 3.8) is 0 Å². The maximum Gasteiger partial charge on any atom is 0.243 e. The second-order valence-corrected chi connectivity index (χ2v) is 9.17. The van der Waals surface area contributed by atoms with Gasteiger partial charge in [-0.2, -0.15) is 4.31 Å². The lowest BCUT2D eigenvalue weighted by molar-refractivity contribution is -0.129. The maximum absolute atomic E-state index is 12.7. The van der Waals surface area contributed by atoms with E-state index in [9.17, 15) is 13.2 Å². The number of amides is 1. The van der Waals surface area contributed by atoms with Gasteiger partial charge in [0.15, 0.2) is 0 Å². The Morgan fingerprint density at radius 1 is 1.11 bits per heavy atom. The molecule has 2 aromatic rings. The number of aromatic nitrogens is 3. The summed E-state index contributed by atoms with van der Waals surface area (Å²) in [6.45, 7) is 4.91. The second-order valence-electron chi connectivity index (χ2n) is 6.29. The predicted octanol–water partition coefficient (Wildman–Crippen LogP) is 0.234. The van der Waals surface area contributed by atoms with Crippen LogP contribution in [0.15, 0.2) is 34.3 Å². The number of thioether (sulfide) groups is 1. The van der Waals surface area contributed by atoms with Gasteiger partial charge in [0, 0.05) is 26.2 Å². The molecule has 1 aromatic carbocycles. The quantitative estimate of drug-likeness (QED) is 0.554. The summed E-state index contributed by atoms with van der Waals surface area (Å²) in [5, 5.41) is 8.23. The van der Waals surface area contributed by atoms with Gasteiger partial charge in [-0.25, -0.2) is 13.1 Å². The van der Waals surface area contributed by atoms with Crippen LogP contribution in [0, 0.1) is 13.8 Å². The van der Waals surface area contributed by atoms with Crippen LogP contribution in [0.4, 0.5) is 0 Å². The van der Waals surface area contributed by atoms with Crippen molar-refractivity contribution >= 4 is 27.7 Å². The van der Waals surface area contributed by atoms with Gasteiger partial charge in [0.05, 0.1) is 10.6 Å². The van der Waals surface area contributed by atoms with E-state index < -0.39 is 10.0 Å². The van der Waals surface area contributed by atoms with Crippen molar-refractivity contribution in [3.05, 3.63) is 35.7 Å². The van der Waals surface area contributed by atoms with Crippen molar-refractivity contribution in [2.45, 2.75) is 23.9 Å². The Morgan fingerprint density at radius 3 is 2.30 bits per heavy atom. The van der Waals surface area contributed by atoms with Crippen LogP contribution in [0.3, 0.4) is 0 Å². The summed E-state index contributed by atoms with van der Waals surface area (Å²) in [6.07, 6.45) is 0. The van der Waals surface area contributed by atoms with Crippen molar-refractivity contribution in [2.24, 2.45) is 0 Å². The molecule has 27 heavy (non-hydrogen) atoms. The number of nitrogens with zero attached hydrogens (tertiary/aromatic N) is 5. The Hall–Kier alpha value is -2.11. The fraction of sp³-hybridized carbons (Fsp3) is 0.438. The Morgan fingerprint density at radius 2 is 1.74 bits per heavy atom. The molecular weight excluding hydrogens is 388 g/mol. The molecule has 1 fully saturated rings. The summed E-state index contributed by atoms with van der Waals surface area (Å²) in [5.41, 5.74) is 1.00. The fourth-order valence-corrected chi connectivity index (χ4v) is 4.93. The average Bonchev–Trinajstić information content (AvgIpc) is 2.98. The molecule has 0 radical (unpaired) electrons. The van der Waals surface area contributed by atoms with Crippen LogP contribution in [0.2, 0.25) is 0 Å². The van der Waals surface area contributed by atoms with Crippen LogP contribution in [0.25, 0.3) is 0 Å². The number of benzene rings is 1. The molecule has 1 aliphatic rings. The Labute approximate surface area is 162 Å². The first kappa shape index (κ1) is 19.6. The third-order valence-electron chi connectivity index (χ3n) is 4.41. The summed E-state index contributed by atoms with van der Waals surface area (Å²) in [6, 6.07) is 6.79. The minimum Gasteiger partial charge on any atom is -0.339 e. The zero-order chi connectivity index (χ0) is 19.6. The zero-order valence-corrected chi connectivity index (χ0v) is 16.8. The molecular formula is C16H22N6O3S2. The number of hydrogen-bond acceptors (Lipinski definition) is 7. The molecule has 9 nitrogen and oxygen atoms in total. The fourth-order valence-electron chi connectivity index (χ4n) is 2.70. The lowest BCUT2D eigenvalue weighted by Crippen LogP contribution is -2.51. The van der Waals surface area contributed by atoms with E-state index in [1.807, 2.05) is 6.92 Å². The third kappa shape index (κ3) is 4.25. The number of sulfonamides is 1. The molecule has 0 aliphatic carbocycles. The molecule has 1 saturated heterocycles. The van der Waals surface area contributed by atoms with E-state index in [-0.39, 0.29) is 29.6 Å². The minimum absolute atomic E-state index is 0.0759. The van der Waals surface area contributed by atoms with E-state index in [0.717, 1.165) is 5.56 Å². The highest BCUT2D eigenvalue weighted by Gasteiger charge is 2.30. The van der Waals surface area contributed by atoms with Gasteiger partial charge in [-0.3, -0.25) is 4.79 Å². The molecule has 1 aliphatic heterocycles. The normalized spacial score (nSPS) is 15.9. The van der Waals surface area contributed by atoms with E-state index in [4.69, 9.17) is 5.84 Å². The van der Waals surface area contributed by atoms with E-state index >= 15 is 0 Å². The van der Waals surface area contributed by atoms with Crippen LogP contribution < -0.4 is 5.84 Å². The summed E-state index contributed by atoms with van der Waals surface area (Å²) in [4.78, 5) is 14.3. The van der Waals surface area contributed by atoms with E-state index in [1.165, 1.54) is 20.7 Å². The van der Waals surface area contributed by atoms with Crippen molar-refractivity contribution < 1.29 is 13.2 Å². The highest BCUT2D eigenvalue weighted by molar-refractivity contribution is 7.99. The van der Waals surface area contributed by atoms with Gasteiger partial charge < -0.3 is 10.7 Å². The van der Waals surface area contributed by atoms with E-state index in [1.54, 1.807) is 36.1 Å². The van der Waals surface area contributed by atoms with Gasteiger partial charge in [-0.05, 0) is 26.0 Å². The van der Waals surface area contributed by atoms with Gasteiger partial charge >= 0.3 is 0 Å². The highest BCUT2D eigenvalue weighted by Crippen LogP contribution is 2.19. The van der Waals surface area contributed by atoms with Gasteiger partial charge in [0.2, 0.25) is 21.1 Å². The molecule has 0 unspecified atom stereocenters. The molecule has 0 spiro atoms. The second kappa shape index (κ2) is 7.87. The number of carbonyl (C=O) groups excluding carboxylic acids is 1. The molecule has 1 amide bonds. The standard InChI is InChI=1S/C16H22N6O3S2/c1-12-3-5-14(6-4-12)27(24,25)21-9-7-20(8-10-21)15(23)11-26-16-19-18-13(2)22(16)17/h3-6H,7-11,17H2,1-2H3. The number of aryl methyl sites for hydroxylation is 2. The summed E-state index contributed by atoms with van der Waals surface area (Å²) >= 11 is 1.22. The summed E-state index contributed by atoms with van der Waals surface area (Å²) < 4.78 is 28.2. The third-order valence-corrected chi connectivity index (χ3v) is 7.25. The SMILES string of the molecule is Cc1ccc(S(=O)(=O)N2CCN(C(=O)CSc3nnc(C)n3N)CC2)cc1. The summed E-state index contributed by atoms with van der Waals surface area (Å²) in [5.74, 6) is 6.44. The molecule has 11 heteroatoms. The molecule has 1 aromatic heterocycles. The number of carbonyl (C=O) groups is 1. The van der Waals surface area contributed by atoms with Gasteiger partial charge in [-0.1, -0.05) is 29.5 Å². The molecule has 0 bridgehead atoms. The van der Waals surface area contributed by atoms with Crippen LogP contribution in [-0.2, 0) is 14.8 Å². The number of rotatable bonds is 5. The number of hydrogen-bond donors (Lipinski definition) is 1. The monoisotopic (exact) mass is 410 g/mol. The average molecular weight is 411 g/mol. The Bertz CT molecular complexity index is 918.